The Balaban J connectivity index is 1.75. The summed E-state index contributed by atoms with van der Waals surface area (Å²) in [5, 5.41) is 0. The first kappa shape index (κ1) is 14.3. The third-order valence-corrected chi connectivity index (χ3v) is 4.01. The van der Waals surface area contributed by atoms with Gasteiger partial charge in [-0.1, -0.05) is 72.8 Å². The Hall–Kier alpha value is -3.26. The van der Waals surface area contributed by atoms with Gasteiger partial charge in [0.05, 0.1) is 11.4 Å². The molecular weight excluding hydrogens is 292 g/mol. The van der Waals surface area contributed by atoms with Gasteiger partial charge in [-0.3, -0.25) is 9.97 Å². The molecule has 2 heteroatoms. The molecule has 24 heavy (non-hydrogen) atoms. The fourth-order valence-electron chi connectivity index (χ4n) is 2.80. The average molecular weight is 308 g/mol. The van der Waals surface area contributed by atoms with Gasteiger partial charge < -0.3 is 0 Å². The summed E-state index contributed by atoms with van der Waals surface area (Å²) in [6, 6.07) is 28.8. The predicted octanol–water partition coefficient (Wildman–Crippen LogP) is 5.48. The van der Waals surface area contributed by atoms with E-state index >= 15 is 0 Å². The zero-order valence-corrected chi connectivity index (χ0v) is 13.1. The Morgan fingerprint density at radius 1 is 0.500 bits per heavy atom. The van der Waals surface area contributed by atoms with Crippen molar-refractivity contribution in [1.29, 1.82) is 0 Å². The molecule has 0 spiro atoms. The summed E-state index contributed by atoms with van der Waals surface area (Å²) in [7, 11) is 0. The van der Waals surface area contributed by atoms with Crippen LogP contribution in [0, 0.1) is 0 Å². The molecule has 0 saturated carbocycles. The van der Waals surface area contributed by atoms with E-state index in [1.807, 2.05) is 60.9 Å². The van der Waals surface area contributed by atoms with Crippen molar-refractivity contribution in [1.82, 2.24) is 9.97 Å². The summed E-state index contributed by atoms with van der Waals surface area (Å²) in [4.78, 5) is 9.21. The summed E-state index contributed by atoms with van der Waals surface area (Å²) >= 11 is 0. The van der Waals surface area contributed by atoms with Crippen molar-refractivity contribution in [2.75, 3.05) is 0 Å². The zero-order chi connectivity index (χ0) is 16.2. The third-order valence-electron chi connectivity index (χ3n) is 4.01. The molecule has 0 saturated heterocycles. The van der Waals surface area contributed by atoms with Crippen LogP contribution in [0.25, 0.3) is 33.6 Å². The summed E-state index contributed by atoms with van der Waals surface area (Å²) in [6.07, 6.45) is 3.72. The maximum atomic E-state index is 4.65. The SMILES string of the molecule is c1ccc(-c2ccc(-c3ncccc3-c3ccccc3)nc2)cc1. The lowest BCUT2D eigenvalue weighted by atomic mass is 10.0. The lowest BCUT2D eigenvalue weighted by Crippen LogP contribution is -1.91. The first-order chi connectivity index (χ1) is 11.9. The van der Waals surface area contributed by atoms with Crippen LogP contribution >= 0.6 is 0 Å². The number of pyridine rings is 2. The highest BCUT2D eigenvalue weighted by Gasteiger charge is 2.09. The number of rotatable bonds is 3. The lowest BCUT2D eigenvalue weighted by molar-refractivity contribution is 1.25. The van der Waals surface area contributed by atoms with Crippen molar-refractivity contribution < 1.29 is 0 Å². The van der Waals surface area contributed by atoms with Gasteiger partial charge in [0.1, 0.15) is 0 Å². The minimum Gasteiger partial charge on any atom is -0.254 e. The van der Waals surface area contributed by atoms with E-state index in [2.05, 4.69) is 46.4 Å². The van der Waals surface area contributed by atoms with Crippen molar-refractivity contribution in [3.8, 4) is 33.6 Å². The Morgan fingerprint density at radius 2 is 1.21 bits per heavy atom. The summed E-state index contributed by atoms with van der Waals surface area (Å²) in [5.74, 6) is 0. The van der Waals surface area contributed by atoms with Gasteiger partial charge in [0.25, 0.3) is 0 Å². The van der Waals surface area contributed by atoms with E-state index in [1.165, 1.54) is 5.56 Å². The number of aromatic nitrogens is 2. The van der Waals surface area contributed by atoms with Crippen molar-refractivity contribution in [3.63, 3.8) is 0 Å². The van der Waals surface area contributed by atoms with Gasteiger partial charge in [-0.2, -0.15) is 0 Å². The fraction of sp³-hybridized carbons (Fsp3) is 0. The molecular formula is C22H16N2. The van der Waals surface area contributed by atoms with Gasteiger partial charge in [0, 0.05) is 23.5 Å². The molecule has 0 aliphatic rings. The van der Waals surface area contributed by atoms with E-state index in [1.54, 1.807) is 0 Å². The van der Waals surface area contributed by atoms with Crippen molar-refractivity contribution in [3.05, 3.63) is 97.3 Å². The van der Waals surface area contributed by atoms with Crippen LogP contribution < -0.4 is 0 Å². The molecule has 2 aromatic carbocycles. The average Bonchev–Trinajstić information content (AvgIpc) is 2.69. The molecule has 0 N–H and O–H groups in total. The van der Waals surface area contributed by atoms with Crippen LogP contribution in [0.15, 0.2) is 97.3 Å². The minimum absolute atomic E-state index is 0.883. The number of nitrogens with zero attached hydrogens (tertiary/aromatic N) is 2. The van der Waals surface area contributed by atoms with E-state index in [0.29, 0.717) is 0 Å². The second kappa shape index (κ2) is 6.47. The first-order valence-corrected chi connectivity index (χ1v) is 7.94. The fourth-order valence-corrected chi connectivity index (χ4v) is 2.80. The standard InChI is InChI=1S/C22H16N2/c1-3-8-17(9-4-1)19-13-14-21(24-16-19)22-20(12-7-15-23-22)18-10-5-2-6-11-18/h1-16H. The second-order valence-electron chi connectivity index (χ2n) is 5.56. The monoisotopic (exact) mass is 308 g/mol. The van der Waals surface area contributed by atoms with E-state index < -0.39 is 0 Å². The maximum Gasteiger partial charge on any atom is 0.0964 e. The quantitative estimate of drug-likeness (QED) is 0.501. The molecule has 0 amide bonds. The summed E-state index contributed by atoms with van der Waals surface area (Å²) in [6.45, 7) is 0. The molecule has 4 aromatic rings. The number of benzene rings is 2. The highest BCUT2D eigenvalue weighted by molar-refractivity contribution is 5.79. The van der Waals surface area contributed by atoms with Crippen LogP contribution in [0.4, 0.5) is 0 Å². The third kappa shape index (κ3) is 2.82. The zero-order valence-electron chi connectivity index (χ0n) is 13.1. The maximum absolute atomic E-state index is 4.65. The van der Waals surface area contributed by atoms with E-state index in [4.69, 9.17) is 0 Å². The van der Waals surface area contributed by atoms with Crippen molar-refractivity contribution in [2.24, 2.45) is 0 Å². The van der Waals surface area contributed by atoms with E-state index in [-0.39, 0.29) is 0 Å². The topological polar surface area (TPSA) is 25.8 Å². The van der Waals surface area contributed by atoms with E-state index in [0.717, 1.165) is 28.1 Å². The van der Waals surface area contributed by atoms with E-state index in [9.17, 15) is 0 Å². The molecule has 0 radical (unpaired) electrons. The molecule has 114 valence electrons. The largest absolute Gasteiger partial charge is 0.254 e. The first-order valence-electron chi connectivity index (χ1n) is 7.94. The Kier molecular flexibility index (Phi) is 3.86. The number of hydrogen-bond acceptors (Lipinski definition) is 2. The molecule has 2 aromatic heterocycles. The Labute approximate surface area is 141 Å². The van der Waals surface area contributed by atoms with Gasteiger partial charge in [-0.25, -0.2) is 0 Å². The predicted molar refractivity (Wildman–Crippen MR) is 98.3 cm³/mol. The lowest BCUT2D eigenvalue weighted by Gasteiger charge is -2.09. The molecule has 4 rings (SSSR count). The molecule has 2 heterocycles. The highest BCUT2D eigenvalue weighted by Crippen LogP contribution is 2.29. The van der Waals surface area contributed by atoms with Gasteiger partial charge in [0.15, 0.2) is 0 Å². The molecule has 0 fully saturated rings. The molecule has 0 aliphatic heterocycles. The summed E-state index contributed by atoms with van der Waals surface area (Å²) < 4.78 is 0. The second-order valence-corrected chi connectivity index (χ2v) is 5.56. The highest BCUT2D eigenvalue weighted by atomic mass is 14.8. The van der Waals surface area contributed by atoms with Crippen molar-refractivity contribution >= 4 is 0 Å². The summed E-state index contributed by atoms with van der Waals surface area (Å²) in [5.41, 5.74) is 6.31. The van der Waals surface area contributed by atoms with Crippen molar-refractivity contribution in [2.45, 2.75) is 0 Å². The van der Waals surface area contributed by atoms with Crippen LogP contribution in [-0.4, -0.2) is 9.97 Å². The Morgan fingerprint density at radius 3 is 1.88 bits per heavy atom. The van der Waals surface area contributed by atoms with Crippen LogP contribution in [-0.2, 0) is 0 Å². The van der Waals surface area contributed by atoms with Gasteiger partial charge in [-0.15, -0.1) is 0 Å². The molecule has 0 atom stereocenters. The molecule has 0 aliphatic carbocycles. The normalized spacial score (nSPS) is 10.5. The molecule has 0 unspecified atom stereocenters. The van der Waals surface area contributed by atoms with Crippen LogP contribution in [0.2, 0.25) is 0 Å². The molecule has 2 nitrogen and oxygen atoms in total. The smallest absolute Gasteiger partial charge is 0.0964 e. The Bertz CT molecular complexity index is 930. The van der Waals surface area contributed by atoms with Gasteiger partial charge in [-0.05, 0) is 23.3 Å². The molecule has 0 bridgehead atoms. The van der Waals surface area contributed by atoms with Crippen LogP contribution in [0.3, 0.4) is 0 Å². The van der Waals surface area contributed by atoms with Gasteiger partial charge in [0.2, 0.25) is 0 Å². The van der Waals surface area contributed by atoms with Crippen LogP contribution in [0.5, 0.6) is 0 Å². The van der Waals surface area contributed by atoms with Crippen LogP contribution in [0.1, 0.15) is 0 Å². The van der Waals surface area contributed by atoms with Gasteiger partial charge >= 0.3 is 0 Å². The minimum atomic E-state index is 0.883. The number of hydrogen-bond donors (Lipinski definition) is 0.